The summed E-state index contributed by atoms with van der Waals surface area (Å²) in [5.74, 6) is 0.0877. The molecule has 1 N–H and O–H groups in total. The van der Waals surface area contributed by atoms with Crippen molar-refractivity contribution in [3.05, 3.63) is 22.4 Å². The van der Waals surface area contributed by atoms with Gasteiger partial charge in [0, 0.05) is 19.5 Å². The van der Waals surface area contributed by atoms with Crippen LogP contribution in [0.3, 0.4) is 0 Å². The topological polar surface area (TPSA) is 58.6 Å². The lowest BCUT2D eigenvalue weighted by molar-refractivity contribution is -0.132. The summed E-state index contributed by atoms with van der Waals surface area (Å²) >= 11 is 1.66. The number of likely N-dealkylation sites (tertiary alicyclic amines) is 1. The number of thiophene rings is 1. The number of ether oxygens (including phenoxy) is 1. The normalized spacial score (nSPS) is 18.3. The maximum atomic E-state index is 12.4. The highest BCUT2D eigenvalue weighted by atomic mass is 32.1. The Hall–Kier alpha value is -1.56. The third kappa shape index (κ3) is 4.73. The van der Waals surface area contributed by atoms with Crippen LogP contribution in [0.4, 0.5) is 4.79 Å². The van der Waals surface area contributed by atoms with Gasteiger partial charge in [-0.15, -0.1) is 0 Å². The molecule has 1 saturated heterocycles. The van der Waals surface area contributed by atoms with E-state index in [1.165, 1.54) is 5.56 Å². The lowest BCUT2D eigenvalue weighted by atomic mass is 10.1. The van der Waals surface area contributed by atoms with E-state index in [1.54, 1.807) is 11.3 Å². The zero-order valence-electron chi connectivity index (χ0n) is 13.4. The van der Waals surface area contributed by atoms with Gasteiger partial charge in [-0.3, -0.25) is 4.79 Å². The quantitative estimate of drug-likeness (QED) is 0.924. The van der Waals surface area contributed by atoms with Gasteiger partial charge in [0.15, 0.2) is 0 Å². The zero-order valence-corrected chi connectivity index (χ0v) is 14.2. The van der Waals surface area contributed by atoms with Crippen molar-refractivity contribution < 1.29 is 14.3 Å². The first-order valence-corrected chi connectivity index (χ1v) is 8.59. The molecule has 0 unspecified atom stereocenters. The fourth-order valence-corrected chi connectivity index (χ4v) is 3.31. The van der Waals surface area contributed by atoms with E-state index >= 15 is 0 Å². The third-order valence-electron chi connectivity index (χ3n) is 3.51. The van der Waals surface area contributed by atoms with Gasteiger partial charge in [0.2, 0.25) is 5.91 Å². The van der Waals surface area contributed by atoms with Gasteiger partial charge < -0.3 is 15.0 Å². The number of nitrogens with one attached hydrogen (secondary N) is 1. The summed E-state index contributed by atoms with van der Waals surface area (Å²) in [5.41, 5.74) is 0.698. The van der Waals surface area contributed by atoms with Crippen molar-refractivity contribution in [3.63, 3.8) is 0 Å². The minimum absolute atomic E-state index is 0.0877. The molecule has 2 rings (SSSR count). The standard InChI is InChI=1S/C16H24N2O3S/c1-16(2,3)21-15(20)17-8-6-14(19)18-9-4-5-13(18)12-7-10-22-11-12/h7,10-11,13H,4-6,8-9H2,1-3H3,(H,17,20)/t13-/m1/s1. The molecule has 22 heavy (non-hydrogen) atoms. The molecule has 1 atom stereocenters. The molecule has 0 bridgehead atoms. The largest absolute Gasteiger partial charge is 0.444 e. The maximum Gasteiger partial charge on any atom is 0.407 e. The van der Waals surface area contributed by atoms with Crippen LogP contribution in [-0.2, 0) is 9.53 Å². The van der Waals surface area contributed by atoms with Crippen molar-refractivity contribution in [3.8, 4) is 0 Å². The van der Waals surface area contributed by atoms with Crippen molar-refractivity contribution in [2.24, 2.45) is 0 Å². The van der Waals surface area contributed by atoms with Crippen LogP contribution in [0.1, 0.15) is 51.6 Å². The predicted octanol–water partition coefficient (Wildman–Crippen LogP) is 3.33. The highest BCUT2D eigenvalue weighted by Crippen LogP contribution is 2.33. The second-order valence-electron chi connectivity index (χ2n) is 6.48. The van der Waals surface area contributed by atoms with E-state index in [0.29, 0.717) is 13.0 Å². The molecule has 6 heteroatoms. The van der Waals surface area contributed by atoms with E-state index in [4.69, 9.17) is 4.74 Å². The first-order chi connectivity index (χ1) is 10.4. The molecule has 5 nitrogen and oxygen atoms in total. The summed E-state index contributed by atoms with van der Waals surface area (Å²) in [7, 11) is 0. The summed E-state index contributed by atoms with van der Waals surface area (Å²) in [6.07, 6.45) is 1.88. The number of carbonyl (C=O) groups is 2. The molecule has 122 valence electrons. The summed E-state index contributed by atoms with van der Waals surface area (Å²) in [5, 5.41) is 6.78. The molecular weight excluding hydrogens is 300 g/mol. The number of carbonyl (C=O) groups excluding carboxylic acids is 2. The van der Waals surface area contributed by atoms with Gasteiger partial charge in [0.05, 0.1) is 6.04 Å². The van der Waals surface area contributed by atoms with Gasteiger partial charge in [-0.05, 0) is 56.0 Å². The van der Waals surface area contributed by atoms with Gasteiger partial charge in [0.1, 0.15) is 5.60 Å². The van der Waals surface area contributed by atoms with Gasteiger partial charge in [-0.25, -0.2) is 4.79 Å². The maximum absolute atomic E-state index is 12.4. The fourth-order valence-electron chi connectivity index (χ4n) is 2.61. The van der Waals surface area contributed by atoms with Gasteiger partial charge in [-0.2, -0.15) is 11.3 Å². The van der Waals surface area contributed by atoms with Crippen LogP contribution in [0, 0.1) is 0 Å². The minimum atomic E-state index is -0.521. The number of rotatable bonds is 4. The first-order valence-electron chi connectivity index (χ1n) is 7.65. The molecule has 1 aliphatic rings. The first kappa shape index (κ1) is 16.8. The lowest BCUT2D eigenvalue weighted by Gasteiger charge is -2.24. The second-order valence-corrected chi connectivity index (χ2v) is 7.26. The molecule has 1 fully saturated rings. The van der Waals surface area contributed by atoms with E-state index in [0.717, 1.165) is 19.4 Å². The molecule has 0 aromatic carbocycles. The van der Waals surface area contributed by atoms with Crippen molar-refractivity contribution >= 4 is 23.3 Å². The summed E-state index contributed by atoms with van der Waals surface area (Å²) in [6, 6.07) is 2.28. The third-order valence-corrected chi connectivity index (χ3v) is 4.21. The second kappa shape index (κ2) is 7.13. The van der Waals surface area contributed by atoms with Crippen molar-refractivity contribution in [1.82, 2.24) is 10.2 Å². The van der Waals surface area contributed by atoms with E-state index in [1.807, 2.05) is 31.1 Å². The van der Waals surface area contributed by atoms with Crippen molar-refractivity contribution in [1.29, 1.82) is 0 Å². The van der Waals surface area contributed by atoms with E-state index in [9.17, 15) is 9.59 Å². The Morgan fingerprint density at radius 2 is 2.23 bits per heavy atom. The van der Waals surface area contributed by atoms with Crippen LogP contribution < -0.4 is 5.32 Å². The summed E-state index contributed by atoms with van der Waals surface area (Å²) < 4.78 is 5.15. The summed E-state index contributed by atoms with van der Waals surface area (Å²) in [6.45, 7) is 6.54. The average Bonchev–Trinajstić information content (AvgIpc) is 3.07. The fraction of sp³-hybridized carbons (Fsp3) is 0.625. The van der Waals surface area contributed by atoms with Gasteiger partial charge in [-0.1, -0.05) is 0 Å². The van der Waals surface area contributed by atoms with Crippen LogP contribution in [-0.4, -0.2) is 35.6 Å². The Balaban J connectivity index is 1.79. The van der Waals surface area contributed by atoms with E-state index < -0.39 is 11.7 Å². The molecule has 0 radical (unpaired) electrons. The molecule has 1 aromatic rings. The molecule has 0 saturated carbocycles. The lowest BCUT2D eigenvalue weighted by Crippen LogP contribution is -2.36. The molecule has 0 aliphatic carbocycles. The smallest absolute Gasteiger partial charge is 0.407 e. The number of nitrogens with zero attached hydrogens (tertiary/aromatic N) is 1. The van der Waals surface area contributed by atoms with Gasteiger partial charge >= 0.3 is 6.09 Å². The Labute approximate surface area is 135 Å². The van der Waals surface area contributed by atoms with Crippen LogP contribution in [0.5, 0.6) is 0 Å². The Morgan fingerprint density at radius 1 is 1.45 bits per heavy atom. The monoisotopic (exact) mass is 324 g/mol. The highest BCUT2D eigenvalue weighted by Gasteiger charge is 2.29. The molecular formula is C16H24N2O3S. The number of alkyl carbamates (subject to hydrolysis) is 1. The van der Waals surface area contributed by atoms with Crippen LogP contribution in [0.2, 0.25) is 0 Å². The SMILES string of the molecule is CC(C)(C)OC(=O)NCCC(=O)N1CCC[C@@H]1c1ccsc1. The average molecular weight is 324 g/mol. The van der Waals surface area contributed by atoms with Crippen LogP contribution in [0.15, 0.2) is 16.8 Å². The van der Waals surface area contributed by atoms with Crippen molar-refractivity contribution in [2.75, 3.05) is 13.1 Å². The molecule has 0 spiro atoms. The number of hydrogen-bond acceptors (Lipinski definition) is 4. The van der Waals surface area contributed by atoms with E-state index in [-0.39, 0.29) is 11.9 Å². The van der Waals surface area contributed by atoms with E-state index in [2.05, 4.69) is 16.8 Å². The Morgan fingerprint density at radius 3 is 2.86 bits per heavy atom. The predicted molar refractivity (Wildman–Crippen MR) is 86.9 cm³/mol. The van der Waals surface area contributed by atoms with Crippen LogP contribution in [0.25, 0.3) is 0 Å². The Bertz CT molecular complexity index is 508. The van der Waals surface area contributed by atoms with Crippen LogP contribution >= 0.6 is 11.3 Å². The molecule has 1 aliphatic heterocycles. The number of hydrogen-bond donors (Lipinski definition) is 1. The Kier molecular flexibility index (Phi) is 5.45. The number of amides is 2. The minimum Gasteiger partial charge on any atom is -0.444 e. The molecule has 2 amide bonds. The molecule has 1 aromatic heterocycles. The summed E-state index contributed by atoms with van der Waals surface area (Å²) in [4.78, 5) is 25.8. The van der Waals surface area contributed by atoms with Gasteiger partial charge in [0.25, 0.3) is 0 Å². The zero-order chi connectivity index (χ0) is 16.2. The highest BCUT2D eigenvalue weighted by molar-refractivity contribution is 7.07. The molecule has 2 heterocycles. The van der Waals surface area contributed by atoms with Crippen molar-refractivity contribution in [2.45, 2.75) is 51.7 Å².